The summed E-state index contributed by atoms with van der Waals surface area (Å²) in [5, 5.41) is 4.11. The van der Waals surface area contributed by atoms with Crippen LogP contribution in [0, 0.1) is 0 Å². The number of halogens is 1. The molecule has 0 aliphatic heterocycles. The third kappa shape index (κ3) is 4.26. The number of nitrogens with zero attached hydrogens (tertiary/aromatic N) is 1. The van der Waals surface area contributed by atoms with Gasteiger partial charge < -0.3 is 10.2 Å². The quantitative estimate of drug-likeness (QED) is 0.861. The zero-order valence-electron chi connectivity index (χ0n) is 12.1. The van der Waals surface area contributed by atoms with Crippen LogP contribution in [0.25, 0.3) is 0 Å². The Hall–Kier alpha value is -1.51. The number of nitrogens with one attached hydrogen (secondary N) is 1. The lowest BCUT2D eigenvalue weighted by Crippen LogP contribution is -2.16. The summed E-state index contributed by atoms with van der Waals surface area (Å²) in [5.41, 5.74) is 3.80. The first-order valence-electron chi connectivity index (χ1n) is 6.94. The molecule has 3 heteroatoms. The summed E-state index contributed by atoms with van der Waals surface area (Å²) in [6, 6.07) is 16.7. The van der Waals surface area contributed by atoms with Gasteiger partial charge in [0, 0.05) is 30.8 Å². The van der Waals surface area contributed by atoms with Gasteiger partial charge in [-0.2, -0.15) is 0 Å². The Morgan fingerprint density at radius 2 is 1.55 bits per heavy atom. The van der Waals surface area contributed by atoms with E-state index in [1.807, 2.05) is 12.1 Å². The van der Waals surface area contributed by atoms with Crippen molar-refractivity contribution in [2.45, 2.75) is 20.0 Å². The molecule has 0 fully saturated rings. The highest BCUT2D eigenvalue weighted by Gasteiger charge is 2.02. The lowest BCUT2D eigenvalue weighted by Gasteiger charge is -2.20. The van der Waals surface area contributed by atoms with E-state index < -0.39 is 0 Å². The Labute approximate surface area is 126 Å². The molecule has 2 nitrogen and oxygen atoms in total. The zero-order chi connectivity index (χ0) is 14.4. The van der Waals surface area contributed by atoms with Gasteiger partial charge in [0.2, 0.25) is 0 Å². The van der Waals surface area contributed by atoms with Gasteiger partial charge in [0.05, 0.1) is 0 Å². The molecule has 0 spiro atoms. The molecule has 0 saturated carbocycles. The van der Waals surface area contributed by atoms with Crippen molar-refractivity contribution < 1.29 is 0 Å². The van der Waals surface area contributed by atoms with Crippen molar-refractivity contribution in [2.75, 3.05) is 18.5 Å². The van der Waals surface area contributed by atoms with Gasteiger partial charge in [-0.3, -0.25) is 0 Å². The van der Waals surface area contributed by atoms with E-state index in [4.69, 9.17) is 11.6 Å². The number of anilines is 1. The zero-order valence-corrected chi connectivity index (χ0v) is 12.8. The van der Waals surface area contributed by atoms with Crippen molar-refractivity contribution in [3.8, 4) is 0 Å². The monoisotopic (exact) mass is 288 g/mol. The molecule has 106 valence electrons. The maximum Gasteiger partial charge on any atom is 0.0426 e. The van der Waals surface area contributed by atoms with Crippen molar-refractivity contribution in [3.05, 3.63) is 64.7 Å². The topological polar surface area (TPSA) is 15.3 Å². The first kappa shape index (κ1) is 14.9. The molecule has 0 heterocycles. The van der Waals surface area contributed by atoms with Crippen LogP contribution in [-0.4, -0.2) is 13.6 Å². The van der Waals surface area contributed by atoms with Gasteiger partial charge in [0.15, 0.2) is 0 Å². The van der Waals surface area contributed by atoms with Crippen molar-refractivity contribution in [1.29, 1.82) is 0 Å². The van der Waals surface area contributed by atoms with Crippen molar-refractivity contribution in [2.24, 2.45) is 0 Å². The predicted molar refractivity (Wildman–Crippen MR) is 87.4 cm³/mol. The Balaban J connectivity index is 1.98. The van der Waals surface area contributed by atoms with Crippen LogP contribution in [-0.2, 0) is 13.1 Å². The van der Waals surface area contributed by atoms with Gasteiger partial charge in [-0.25, -0.2) is 0 Å². The van der Waals surface area contributed by atoms with Crippen molar-refractivity contribution in [1.82, 2.24) is 5.32 Å². The second-order valence-electron chi connectivity index (χ2n) is 4.93. The molecular formula is C17H21ClN2. The summed E-state index contributed by atoms with van der Waals surface area (Å²) in [6.45, 7) is 4.92. The van der Waals surface area contributed by atoms with Crippen LogP contribution < -0.4 is 10.2 Å². The molecule has 0 bridgehead atoms. The Morgan fingerprint density at radius 3 is 2.15 bits per heavy atom. The van der Waals surface area contributed by atoms with Gasteiger partial charge in [0.1, 0.15) is 0 Å². The molecule has 0 unspecified atom stereocenters. The van der Waals surface area contributed by atoms with E-state index in [9.17, 15) is 0 Å². The van der Waals surface area contributed by atoms with Gasteiger partial charge in [-0.15, -0.1) is 0 Å². The molecule has 0 saturated heterocycles. The molecule has 2 aromatic rings. The van der Waals surface area contributed by atoms with Crippen LogP contribution in [0.1, 0.15) is 18.1 Å². The highest BCUT2D eigenvalue weighted by molar-refractivity contribution is 6.30. The first-order valence-corrected chi connectivity index (χ1v) is 7.32. The lowest BCUT2D eigenvalue weighted by molar-refractivity contribution is 0.726. The average molecular weight is 289 g/mol. The van der Waals surface area contributed by atoms with E-state index in [-0.39, 0.29) is 0 Å². The lowest BCUT2D eigenvalue weighted by atomic mass is 10.1. The molecule has 0 radical (unpaired) electrons. The van der Waals surface area contributed by atoms with E-state index in [1.165, 1.54) is 16.8 Å². The van der Waals surface area contributed by atoms with Gasteiger partial charge >= 0.3 is 0 Å². The summed E-state index contributed by atoms with van der Waals surface area (Å²) in [4.78, 5) is 2.24. The van der Waals surface area contributed by atoms with Crippen LogP contribution >= 0.6 is 11.6 Å². The number of hydrogen-bond acceptors (Lipinski definition) is 2. The summed E-state index contributed by atoms with van der Waals surface area (Å²) in [7, 11) is 2.11. The summed E-state index contributed by atoms with van der Waals surface area (Å²) >= 11 is 5.90. The maximum atomic E-state index is 5.90. The number of hydrogen-bond donors (Lipinski definition) is 1. The minimum atomic E-state index is 0.782. The number of benzene rings is 2. The highest BCUT2D eigenvalue weighted by atomic mass is 35.5. The molecule has 2 aromatic carbocycles. The Kier molecular flexibility index (Phi) is 5.45. The second-order valence-corrected chi connectivity index (χ2v) is 5.37. The van der Waals surface area contributed by atoms with Gasteiger partial charge in [-0.05, 0) is 41.9 Å². The molecule has 0 aliphatic carbocycles. The van der Waals surface area contributed by atoms with Crippen LogP contribution in [0.4, 0.5) is 5.69 Å². The summed E-state index contributed by atoms with van der Waals surface area (Å²) in [6.07, 6.45) is 0. The molecule has 0 atom stereocenters. The van der Waals surface area contributed by atoms with Crippen molar-refractivity contribution in [3.63, 3.8) is 0 Å². The SMILES string of the molecule is CCNCc1ccc(N(C)Cc2ccc(Cl)cc2)cc1. The Bertz CT molecular complexity index is 520. The van der Waals surface area contributed by atoms with E-state index in [1.54, 1.807) is 0 Å². The number of rotatable bonds is 6. The molecule has 0 aliphatic rings. The normalized spacial score (nSPS) is 10.6. The summed E-state index contributed by atoms with van der Waals surface area (Å²) < 4.78 is 0. The smallest absolute Gasteiger partial charge is 0.0426 e. The van der Waals surface area contributed by atoms with Crippen LogP contribution in [0.3, 0.4) is 0 Å². The highest BCUT2D eigenvalue weighted by Crippen LogP contribution is 2.17. The van der Waals surface area contributed by atoms with E-state index in [0.29, 0.717) is 0 Å². The summed E-state index contributed by atoms with van der Waals surface area (Å²) in [5.74, 6) is 0. The maximum absolute atomic E-state index is 5.90. The molecule has 2 rings (SSSR count). The van der Waals surface area contributed by atoms with E-state index >= 15 is 0 Å². The molecular weight excluding hydrogens is 268 g/mol. The third-order valence-corrected chi connectivity index (χ3v) is 3.54. The van der Waals surface area contributed by atoms with Crippen LogP contribution in [0.15, 0.2) is 48.5 Å². The average Bonchev–Trinajstić information content (AvgIpc) is 2.48. The third-order valence-electron chi connectivity index (χ3n) is 3.29. The predicted octanol–water partition coefficient (Wildman–Crippen LogP) is 4.09. The van der Waals surface area contributed by atoms with E-state index in [0.717, 1.165) is 24.7 Å². The molecule has 20 heavy (non-hydrogen) atoms. The Morgan fingerprint density at radius 1 is 0.950 bits per heavy atom. The molecule has 0 aromatic heterocycles. The largest absolute Gasteiger partial charge is 0.370 e. The fourth-order valence-electron chi connectivity index (χ4n) is 2.09. The van der Waals surface area contributed by atoms with E-state index in [2.05, 4.69) is 60.6 Å². The van der Waals surface area contributed by atoms with Gasteiger partial charge in [-0.1, -0.05) is 42.8 Å². The standard InChI is InChI=1S/C17H21ClN2/c1-3-19-12-14-6-10-17(11-7-14)20(2)13-15-4-8-16(18)9-5-15/h4-11,19H,3,12-13H2,1-2H3. The second kappa shape index (κ2) is 7.32. The minimum absolute atomic E-state index is 0.782. The fraction of sp³-hybridized carbons (Fsp3) is 0.294. The molecule has 0 amide bonds. The van der Waals surface area contributed by atoms with Gasteiger partial charge in [0.25, 0.3) is 0 Å². The van der Waals surface area contributed by atoms with Crippen molar-refractivity contribution >= 4 is 17.3 Å². The fourth-order valence-corrected chi connectivity index (χ4v) is 2.22. The minimum Gasteiger partial charge on any atom is -0.370 e. The molecule has 1 N–H and O–H groups in total. The first-order chi connectivity index (χ1) is 9.69. The van der Waals surface area contributed by atoms with Crippen LogP contribution in [0.2, 0.25) is 5.02 Å². The van der Waals surface area contributed by atoms with Crippen LogP contribution in [0.5, 0.6) is 0 Å².